The molecule has 1 aliphatic rings. The van der Waals surface area contributed by atoms with Crippen molar-refractivity contribution in [3.8, 4) is 5.75 Å². The van der Waals surface area contributed by atoms with Crippen molar-refractivity contribution in [2.45, 2.75) is 32.0 Å². The second-order valence-electron chi connectivity index (χ2n) is 7.48. The van der Waals surface area contributed by atoms with Gasteiger partial charge in [0, 0.05) is 34.5 Å². The molecule has 5 nitrogen and oxygen atoms in total. The summed E-state index contributed by atoms with van der Waals surface area (Å²) in [5.74, 6) is 0.204. The van der Waals surface area contributed by atoms with Gasteiger partial charge in [-0.05, 0) is 55.3 Å². The predicted octanol–water partition coefficient (Wildman–Crippen LogP) is 4.89. The van der Waals surface area contributed by atoms with Gasteiger partial charge < -0.3 is 13.9 Å². The highest BCUT2D eigenvalue weighted by atomic mass is 79.9. The van der Waals surface area contributed by atoms with E-state index in [1.807, 2.05) is 44.2 Å². The molecule has 4 rings (SSSR count). The van der Waals surface area contributed by atoms with E-state index in [2.05, 4.69) is 15.9 Å². The highest BCUT2D eigenvalue weighted by Crippen LogP contribution is 2.37. The quantitative estimate of drug-likeness (QED) is 0.320. The SMILES string of the molecule is CC1(C)Oc2cc3oc(=O)ccc3cc2C[C@H]1OC(=O)C=Cc1cccc(Br)c1. The molecule has 0 amide bonds. The molecule has 1 atom stereocenters. The van der Waals surface area contributed by atoms with E-state index in [4.69, 9.17) is 13.9 Å². The fourth-order valence-electron chi connectivity index (χ4n) is 3.33. The Morgan fingerprint density at radius 3 is 2.83 bits per heavy atom. The zero-order valence-electron chi connectivity index (χ0n) is 16.0. The Morgan fingerprint density at radius 2 is 2.03 bits per heavy atom. The number of hydrogen-bond donors (Lipinski definition) is 0. The second kappa shape index (κ2) is 7.52. The van der Waals surface area contributed by atoms with Gasteiger partial charge in [0.15, 0.2) is 0 Å². The topological polar surface area (TPSA) is 65.7 Å². The van der Waals surface area contributed by atoms with E-state index in [1.54, 1.807) is 18.2 Å². The number of ether oxygens (including phenoxy) is 2. The molecule has 29 heavy (non-hydrogen) atoms. The first-order valence-electron chi connectivity index (χ1n) is 9.20. The summed E-state index contributed by atoms with van der Waals surface area (Å²) in [6.45, 7) is 3.74. The number of fused-ring (bicyclic) bond motifs is 2. The van der Waals surface area contributed by atoms with Gasteiger partial charge in [-0.1, -0.05) is 28.1 Å². The molecule has 0 N–H and O–H groups in total. The third-order valence-electron chi connectivity index (χ3n) is 4.88. The number of benzene rings is 2. The molecule has 3 aromatic rings. The van der Waals surface area contributed by atoms with Crippen LogP contribution < -0.4 is 10.4 Å². The van der Waals surface area contributed by atoms with Crippen molar-refractivity contribution in [3.63, 3.8) is 0 Å². The minimum Gasteiger partial charge on any atom is -0.484 e. The lowest BCUT2D eigenvalue weighted by molar-refractivity contribution is -0.155. The monoisotopic (exact) mass is 454 g/mol. The van der Waals surface area contributed by atoms with E-state index < -0.39 is 23.3 Å². The van der Waals surface area contributed by atoms with E-state index in [9.17, 15) is 9.59 Å². The highest BCUT2D eigenvalue weighted by molar-refractivity contribution is 9.10. The van der Waals surface area contributed by atoms with Crippen molar-refractivity contribution in [1.82, 2.24) is 0 Å². The van der Waals surface area contributed by atoms with Crippen LogP contribution in [0.3, 0.4) is 0 Å². The third-order valence-corrected chi connectivity index (χ3v) is 5.37. The van der Waals surface area contributed by atoms with E-state index in [0.29, 0.717) is 17.8 Å². The van der Waals surface area contributed by atoms with Gasteiger partial charge >= 0.3 is 11.6 Å². The Morgan fingerprint density at radius 1 is 1.21 bits per heavy atom. The van der Waals surface area contributed by atoms with Gasteiger partial charge in [0.25, 0.3) is 0 Å². The molecule has 0 unspecified atom stereocenters. The van der Waals surface area contributed by atoms with E-state index >= 15 is 0 Å². The fourth-order valence-corrected chi connectivity index (χ4v) is 3.75. The Hall–Kier alpha value is -2.86. The van der Waals surface area contributed by atoms with Gasteiger partial charge in [0.05, 0.1) is 0 Å². The first kappa shape index (κ1) is 19.5. The van der Waals surface area contributed by atoms with Gasteiger partial charge in [0.2, 0.25) is 0 Å². The average Bonchev–Trinajstić information content (AvgIpc) is 2.65. The van der Waals surface area contributed by atoms with E-state index in [-0.39, 0.29) is 0 Å². The highest BCUT2D eigenvalue weighted by Gasteiger charge is 2.39. The van der Waals surface area contributed by atoms with Gasteiger partial charge in [-0.3, -0.25) is 0 Å². The maximum atomic E-state index is 12.4. The van der Waals surface area contributed by atoms with Crippen LogP contribution in [0, 0.1) is 0 Å². The van der Waals surface area contributed by atoms with Crippen molar-refractivity contribution in [2.75, 3.05) is 0 Å². The van der Waals surface area contributed by atoms with Crippen molar-refractivity contribution >= 4 is 38.9 Å². The molecule has 6 heteroatoms. The van der Waals surface area contributed by atoms with Crippen LogP contribution in [0.25, 0.3) is 17.0 Å². The normalized spacial score (nSPS) is 17.7. The lowest BCUT2D eigenvalue weighted by atomic mass is 9.90. The minimum atomic E-state index is -0.727. The molecule has 0 aliphatic carbocycles. The zero-order chi connectivity index (χ0) is 20.6. The maximum Gasteiger partial charge on any atom is 0.336 e. The van der Waals surface area contributed by atoms with Gasteiger partial charge in [0.1, 0.15) is 23.0 Å². The van der Waals surface area contributed by atoms with Crippen LogP contribution in [0.1, 0.15) is 25.0 Å². The molecule has 2 aromatic carbocycles. The second-order valence-corrected chi connectivity index (χ2v) is 8.39. The van der Waals surface area contributed by atoms with Crippen molar-refractivity contribution < 1.29 is 18.7 Å². The molecule has 0 saturated heterocycles. The molecule has 0 spiro atoms. The molecule has 1 aliphatic heterocycles. The summed E-state index contributed by atoms with van der Waals surface area (Å²) >= 11 is 3.41. The summed E-state index contributed by atoms with van der Waals surface area (Å²) < 4.78 is 18.0. The molecule has 0 fully saturated rings. The predicted molar refractivity (Wildman–Crippen MR) is 114 cm³/mol. The van der Waals surface area contributed by atoms with E-state index in [0.717, 1.165) is 21.0 Å². The molecule has 0 saturated carbocycles. The largest absolute Gasteiger partial charge is 0.484 e. The summed E-state index contributed by atoms with van der Waals surface area (Å²) in [4.78, 5) is 23.9. The van der Waals surface area contributed by atoms with Crippen LogP contribution in [0.2, 0.25) is 0 Å². The van der Waals surface area contributed by atoms with Crippen LogP contribution in [0.15, 0.2) is 68.3 Å². The van der Waals surface area contributed by atoms with Crippen LogP contribution >= 0.6 is 15.9 Å². The first-order chi connectivity index (χ1) is 13.8. The Labute approximate surface area is 176 Å². The van der Waals surface area contributed by atoms with Crippen molar-refractivity contribution in [3.05, 3.63) is 80.6 Å². The number of halogens is 1. The fraction of sp³-hybridized carbons (Fsp3) is 0.217. The van der Waals surface area contributed by atoms with Gasteiger partial charge in [-0.2, -0.15) is 0 Å². The van der Waals surface area contributed by atoms with Crippen LogP contribution in [0.4, 0.5) is 0 Å². The Kier molecular flexibility index (Phi) is 5.04. The number of esters is 1. The molecular formula is C23H19BrO5. The number of carbonyl (C=O) groups excluding carboxylic acids is 1. The molecular weight excluding hydrogens is 436 g/mol. The Bertz CT molecular complexity index is 1180. The summed E-state index contributed by atoms with van der Waals surface area (Å²) in [6.07, 6.45) is 3.19. The molecule has 0 radical (unpaired) electrons. The maximum absolute atomic E-state index is 12.4. The summed E-state index contributed by atoms with van der Waals surface area (Å²) in [5, 5.41) is 0.797. The minimum absolute atomic E-state index is 0.406. The smallest absolute Gasteiger partial charge is 0.336 e. The molecule has 1 aromatic heterocycles. The van der Waals surface area contributed by atoms with Crippen LogP contribution in [0.5, 0.6) is 5.75 Å². The van der Waals surface area contributed by atoms with E-state index in [1.165, 1.54) is 12.1 Å². The summed E-state index contributed by atoms with van der Waals surface area (Å²) in [7, 11) is 0. The number of hydrogen-bond acceptors (Lipinski definition) is 5. The molecule has 148 valence electrons. The lowest BCUT2D eigenvalue weighted by Crippen LogP contribution is -2.48. The molecule has 0 bridgehead atoms. The van der Waals surface area contributed by atoms with Crippen LogP contribution in [-0.4, -0.2) is 17.7 Å². The van der Waals surface area contributed by atoms with Crippen LogP contribution in [-0.2, 0) is 16.0 Å². The zero-order valence-corrected chi connectivity index (χ0v) is 17.6. The first-order valence-corrected chi connectivity index (χ1v) is 9.99. The standard InChI is InChI=1S/C23H19BrO5/c1-23(2)20(28-22(26)8-6-14-4-3-5-17(24)10-14)12-16-11-15-7-9-21(25)27-18(15)13-19(16)29-23/h3-11,13,20H,12H2,1-2H3/t20-/m1/s1. The van der Waals surface area contributed by atoms with Gasteiger partial charge in [-0.15, -0.1) is 0 Å². The summed E-state index contributed by atoms with van der Waals surface area (Å²) in [5.41, 5.74) is 1.14. The average molecular weight is 455 g/mol. The Balaban J connectivity index is 1.55. The number of rotatable bonds is 3. The lowest BCUT2D eigenvalue weighted by Gasteiger charge is -2.39. The third kappa shape index (κ3) is 4.27. The van der Waals surface area contributed by atoms with Gasteiger partial charge in [-0.25, -0.2) is 9.59 Å². The van der Waals surface area contributed by atoms with Crippen molar-refractivity contribution in [2.24, 2.45) is 0 Å². The van der Waals surface area contributed by atoms with Crippen molar-refractivity contribution in [1.29, 1.82) is 0 Å². The summed E-state index contributed by atoms with van der Waals surface area (Å²) in [6, 6.07) is 14.4. The number of carbonyl (C=O) groups is 1. The molecule has 2 heterocycles.